The van der Waals surface area contributed by atoms with Gasteiger partial charge in [-0.1, -0.05) is 64.7 Å². The van der Waals surface area contributed by atoms with Crippen LogP contribution in [0.4, 0.5) is 0 Å². The first-order chi connectivity index (χ1) is 9.18. The van der Waals surface area contributed by atoms with Gasteiger partial charge in [0.2, 0.25) is 0 Å². The standard InChI is InChI=1S/C12H29N2O4P/c1-2-3-4-5-6-7-8-9-10-11-12-16-19(15,17-13)18-14/h2-14H2,1H3. The largest absolute Gasteiger partial charge is 0.507 e. The van der Waals surface area contributed by atoms with Gasteiger partial charge in [-0.25, -0.2) is 16.4 Å². The van der Waals surface area contributed by atoms with Crippen molar-refractivity contribution < 1.29 is 18.3 Å². The van der Waals surface area contributed by atoms with Crippen molar-refractivity contribution in [2.45, 2.75) is 71.1 Å². The van der Waals surface area contributed by atoms with Crippen LogP contribution in [0.3, 0.4) is 0 Å². The molecular formula is C12H29N2O4P. The van der Waals surface area contributed by atoms with Crippen LogP contribution in [0.25, 0.3) is 0 Å². The van der Waals surface area contributed by atoms with Crippen LogP contribution >= 0.6 is 7.82 Å². The van der Waals surface area contributed by atoms with E-state index in [9.17, 15) is 4.57 Å². The molecule has 0 aromatic rings. The van der Waals surface area contributed by atoms with Crippen LogP contribution in [0.1, 0.15) is 71.1 Å². The summed E-state index contributed by atoms with van der Waals surface area (Å²) in [4.78, 5) is 0. The minimum absolute atomic E-state index is 0.280. The Balaban J connectivity index is 3.21. The van der Waals surface area contributed by atoms with Gasteiger partial charge in [0.15, 0.2) is 0 Å². The summed E-state index contributed by atoms with van der Waals surface area (Å²) in [6, 6.07) is 0. The molecule has 0 bridgehead atoms. The molecule has 0 radical (unpaired) electrons. The molecule has 0 atom stereocenters. The van der Waals surface area contributed by atoms with Crippen molar-refractivity contribution in [1.82, 2.24) is 0 Å². The lowest BCUT2D eigenvalue weighted by molar-refractivity contribution is 0.113. The van der Waals surface area contributed by atoms with Gasteiger partial charge in [-0.2, -0.15) is 9.25 Å². The predicted octanol–water partition coefficient (Wildman–Crippen LogP) is 3.81. The van der Waals surface area contributed by atoms with Gasteiger partial charge < -0.3 is 0 Å². The molecule has 6 nitrogen and oxygen atoms in total. The quantitative estimate of drug-likeness (QED) is 0.287. The topological polar surface area (TPSA) is 96.8 Å². The summed E-state index contributed by atoms with van der Waals surface area (Å²) < 4.78 is 24.3. The number of unbranched alkanes of at least 4 members (excludes halogenated alkanes) is 9. The van der Waals surface area contributed by atoms with Crippen LogP contribution in [0, 0.1) is 0 Å². The third-order valence-electron chi connectivity index (χ3n) is 3.01. The molecule has 4 N–H and O–H groups in total. The molecule has 0 spiro atoms. The van der Waals surface area contributed by atoms with Crippen LogP contribution in [-0.4, -0.2) is 6.61 Å². The SMILES string of the molecule is CCCCCCCCCCCCOP(=O)(ON)ON. The molecule has 0 aliphatic carbocycles. The second-order valence-electron chi connectivity index (χ2n) is 4.67. The van der Waals surface area contributed by atoms with Crippen molar-refractivity contribution in [3.63, 3.8) is 0 Å². The van der Waals surface area contributed by atoms with E-state index < -0.39 is 7.82 Å². The van der Waals surface area contributed by atoms with Gasteiger partial charge in [0, 0.05) is 0 Å². The molecule has 0 heterocycles. The molecular weight excluding hydrogens is 267 g/mol. The summed E-state index contributed by atoms with van der Waals surface area (Å²) >= 11 is 0. The third-order valence-corrected chi connectivity index (χ3v) is 4.02. The summed E-state index contributed by atoms with van der Waals surface area (Å²) in [5, 5.41) is 0. The Kier molecular flexibility index (Phi) is 13.1. The molecule has 0 unspecified atom stereocenters. The fourth-order valence-electron chi connectivity index (χ4n) is 1.85. The summed E-state index contributed by atoms with van der Waals surface area (Å²) in [6.07, 6.45) is 12.2. The maximum atomic E-state index is 11.3. The van der Waals surface area contributed by atoms with Crippen molar-refractivity contribution in [3.8, 4) is 0 Å². The van der Waals surface area contributed by atoms with Crippen LogP contribution in [0.2, 0.25) is 0 Å². The van der Waals surface area contributed by atoms with Gasteiger partial charge >= 0.3 is 7.82 Å². The molecule has 7 heteroatoms. The van der Waals surface area contributed by atoms with E-state index in [0.717, 1.165) is 19.3 Å². The fourth-order valence-corrected chi connectivity index (χ4v) is 2.38. The Morgan fingerprint density at radius 1 is 0.789 bits per heavy atom. The smallest absolute Gasteiger partial charge is 0.285 e. The van der Waals surface area contributed by atoms with Crippen LogP contribution < -0.4 is 11.8 Å². The summed E-state index contributed by atoms with van der Waals surface area (Å²) in [7, 11) is -3.70. The monoisotopic (exact) mass is 296 g/mol. The number of nitrogens with two attached hydrogens (primary N) is 2. The van der Waals surface area contributed by atoms with Gasteiger partial charge in [-0.15, -0.1) is 0 Å². The lowest BCUT2D eigenvalue weighted by atomic mass is 10.1. The Hall–Kier alpha value is 0.0300. The van der Waals surface area contributed by atoms with Gasteiger partial charge in [0.1, 0.15) is 0 Å². The zero-order valence-corrected chi connectivity index (χ0v) is 12.9. The van der Waals surface area contributed by atoms with E-state index in [1.54, 1.807) is 0 Å². The number of hydrogen-bond donors (Lipinski definition) is 2. The lowest BCUT2D eigenvalue weighted by Gasteiger charge is -2.11. The molecule has 0 rings (SSSR count). The number of rotatable bonds is 14. The second kappa shape index (κ2) is 13.0. The van der Waals surface area contributed by atoms with Gasteiger partial charge in [0.25, 0.3) is 0 Å². The van der Waals surface area contributed by atoms with Crippen molar-refractivity contribution >= 4 is 7.82 Å². The van der Waals surface area contributed by atoms with Crippen molar-refractivity contribution in [2.75, 3.05) is 6.61 Å². The first kappa shape index (κ1) is 19.0. The van der Waals surface area contributed by atoms with E-state index in [4.69, 9.17) is 16.3 Å². The predicted molar refractivity (Wildman–Crippen MR) is 75.9 cm³/mol. The van der Waals surface area contributed by atoms with Crippen LogP contribution in [0.15, 0.2) is 0 Å². The maximum absolute atomic E-state index is 11.3. The molecule has 0 fully saturated rings. The zero-order chi connectivity index (χ0) is 14.4. The Bertz CT molecular complexity index is 234. The van der Waals surface area contributed by atoms with Crippen molar-refractivity contribution in [2.24, 2.45) is 11.8 Å². The van der Waals surface area contributed by atoms with E-state index in [1.165, 1.54) is 44.9 Å². The van der Waals surface area contributed by atoms with E-state index in [2.05, 4.69) is 16.2 Å². The first-order valence-corrected chi connectivity index (χ1v) is 8.66. The Morgan fingerprint density at radius 2 is 1.21 bits per heavy atom. The maximum Gasteiger partial charge on any atom is 0.507 e. The van der Waals surface area contributed by atoms with Crippen LogP contribution in [-0.2, 0) is 18.3 Å². The molecule has 0 aliphatic heterocycles. The second-order valence-corrected chi connectivity index (χ2v) is 6.25. The van der Waals surface area contributed by atoms with Gasteiger partial charge in [-0.05, 0) is 6.42 Å². The first-order valence-electron chi connectivity index (χ1n) is 7.20. The van der Waals surface area contributed by atoms with Gasteiger partial charge in [0.05, 0.1) is 6.61 Å². The highest BCUT2D eigenvalue weighted by Gasteiger charge is 2.24. The minimum Gasteiger partial charge on any atom is -0.285 e. The average molecular weight is 296 g/mol. The van der Waals surface area contributed by atoms with Crippen molar-refractivity contribution in [1.29, 1.82) is 0 Å². The Labute approximate surface area is 116 Å². The molecule has 0 amide bonds. The number of hydrogen-bond acceptors (Lipinski definition) is 6. The summed E-state index contributed by atoms with van der Waals surface area (Å²) in [6.45, 7) is 2.51. The van der Waals surface area contributed by atoms with E-state index in [0.29, 0.717) is 0 Å². The van der Waals surface area contributed by atoms with Gasteiger partial charge in [-0.3, -0.25) is 4.52 Å². The average Bonchev–Trinajstić information content (AvgIpc) is 2.44. The molecule has 116 valence electrons. The highest BCUT2D eigenvalue weighted by Crippen LogP contribution is 2.45. The molecule has 0 saturated carbocycles. The van der Waals surface area contributed by atoms with Crippen LogP contribution in [0.5, 0.6) is 0 Å². The summed E-state index contributed by atoms with van der Waals surface area (Å²) in [5.41, 5.74) is 0. The molecule has 0 aromatic carbocycles. The van der Waals surface area contributed by atoms with E-state index in [-0.39, 0.29) is 6.61 Å². The highest BCUT2D eigenvalue weighted by atomic mass is 31.2. The van der Waals surface area contributed by atoms with E-state index >= 15 is 0 Å². The zero-order valence-electron chi connectivity index (χ0n) is 12.0. The molecule has 0 aliphatic rings. The number of phosphoric acid groups is 1. The highest BCUT2D eigenvalue weighted by molar-refractivity contribution is 7.48. The lowest BCUT2D eigenvalue weighted by Crippen LogP contribution is -2.08. The van der Waals surface area contributed by atoms with Crippen molar-refractivity contribution in [3.05, 3.63) is 0 Å². The summed E-state index contributed by atoms with van der Waals surface area (Å²) in [5.74, 6) is 9.51. The fraction of sp³-hybridized carbons (Fsp3) is 1.00. The molecule has 19 heavy (non-hydrogen) atoms. The minimum atomic E-state index is -3.70. The van der Waals surface area contributed by atoms with E-state index in [1.807, 2.05) is 0 Å². The molecule has 0 aromatic heterocycles. The molecule has 0 saturated heterocycles. The Morgan fingerprint density at radius 3 is 1.63 bits per heavy atom. The normalized spacial score (nSPS) is 11.9. The third kappa shape index (κ3) is 11.5.